The van der Waals surface area contributed by atoms with E-state index in [4.69, 9.17) is 15.4 Å². The SMILES string of the molecule is CCOC(OCC)c1ccc(CN(C)C(=O)ON)cc1. The van der Waals surface area contributed by atoms with E-state index in [-0.39, 0.29) is 6.29 Å². The number of carbonyl (C=O) groups excluding carboxylic acids is 1. The van der Waals surface area contributed by atoms with Gasteiger partial charge in [-0.1, -0.05) is 24.3 Å². The highest BCUT2D eigenvalue weighted by Crippen LogP contribution is 2.19. The van der Waals surface area contributed by atoms with Gasteiger partial charge in [-0.25, -0.2) is 4.79 Å². The molecule has 0 aliphatic heterocycles. The summed E-state index contributed by atoms with van der Waals surface area (Å²) >= 11 is 0. The third kappa shape index (κ3) is 4.80. The van der Waals surface area contributed by atoms with Gasteiger partial charge in [0, 0.05) is 32.4 Å². The third-order valence-electron chi connectivity index (χ3n) is 2.72. The van der Waals surface area contributed by atoms with E-state index in [2.05, 4.69) is 4.84 Å². The molecule has 0 fully saturated rings. The van der Waals surface area contributed by atoms with Gasteiger partial charge in [0.15, 0.2) is 6.29 Å². The second-order valence-electron chi connectivity index (χ2n) is 4.22. The Kier molecular flexibility index (Phi) is 7.00. The molecule has 6 nitrogen and oxygen atoms in total. The Morgan fingerprint density at radius 3 is 2.20 bits per heavy atom. The van der Waals surface area contributed by atoms with E-state index < -0.39 is 6.09 Å². The van der Waals surface area contributed by atoms with Gasteiger partial charge in [0.2, 0.25) is 0 Å². The number of benzene rings is 1. The summed E-state index contributed by atoms with van der Waals surface area (Å²) in [6.45, 7) is 5.43. The Bertz CT molecular complexity index is 402. The first kappa shape index (κ1) is 16.4. The molecule has 2 N–H and O–H groups in total. The highest BCUT2D eigenvalue weighted by atomic mass is 16.7. The molecule has 6 heteroatoms. The lowest BCUT2D eigenvalue weighted by Crippen LogP contribution is -2.28. The van der Waals surface area contributed by atoms with E-state index in [9.17, 15) is 4.79 Å². The minimum Gasteiger partial charge on any atom is -0.357 e. The standard InChI is InChI=1S/C14H22N2O4/c1-4-18-13(19-5-2)12-8-6-11(7-9-12)10-16(3)14(17)20-15/h6-9,13H,4-5,10,15H2,1-3H3. The van der Waals surface area contributed by atoms with Crippen molar-refractivity contribution in [3.8, 4) is 0 Å². The van der Waals surface area contributed by atoms with Crippen molar-refractivity contribution in [3.63, 3.8) is 0 Å². The predicted molar refractivity (Wildman–Crippen MR) is 74.6 cm³/mol. The third-order valence-corrected chi connectivity index (χ3v) is 2.72. The van der Waals surface area contributed by atoms with Gasteiger partial charge in [-0.2, -0.15) is 5.90 Å². The zero-order valence-electron chi connectivity index (χ0n) is 12.2. The van der Waals surface area contributed by atoms with E-state index in [0.717, 1.165) is 11.1 Å². The van der Waals surface area contributed by atoms with Crippen molar-refractivity contribution < 1.29 is 19.1 Å². The molecule has 0 bridgehead atoms. The smallest absolute Gasteiger partial charge is 0.357 e. The van der Waals surface area contributed by atoms with E-state index in [1.165, 1.54) is 4.90 Å². The molecule has 1 amide bonds. The molecule has 1 aromatic rings. The second kappa shape index (κ2) is 8.52. The van der Waals surface area contributed by atoms with Gasteiger partial charge in [-0.15, -0.1) is 0 Å². The number of hydrogen-bond donors (Lipinski definition) is 1. The zero-order chi connectivity index (χ0) is 15.0. The Hall–Kier alpha value is -1.63. The number of amides is 1. The average Bonchev–Trinajstić information content (AvgIpc) is 2.47. The maximum absolute atomic E-state index is 11.2. The van der Waals surface area contributed by atoms with Crippen molar-refractivity contribution in [3.05, 3.63) is 35.4 Å². The predicted octanol–water partition coefficient (Wildman–Crippen LogP) is 2.20. The van der Waals surface area contributed by atoms with Crippen LogP contribution in [0.1, 0.15) is 31.3 Å². The highest BCUT2D eigenvalue weighted by molar-refractivity contribution is 5.66. The highest BCUT2D eigenvalue weighted by Gasteiger charge is 2.12. The largest absolute Gasteiger partial charge is 0.428 e. The summed E-state index contributed by atoms with van der Waals surface area (Å²) in [6, 6.07) is 7.68. The van der Waals surface area contributed by atoms with Crippen LogP contribution in [0.25, 0.3) is 0 Å². The first-order chi connectivity index (χ1) is 9.62. The molecule has 0 saturated carbocycles. The normalized spacial score (nSPS) is 10.7. The van der Waals surface area contributed by atoms with E-state index in [1.54, 1.807) is 7.05 Å². The Morgan fingerprint density at radius 2 is 1.75 bits per heavy atom. The molecule has 0 radical (unpaired) electrons. The summed E-state index contributed by atoms with van der Waals surface area (Å²) in [4.78, 5) is 16.7. The molecule has 0 spiro atoms. The maximum Gasteiger partial charge on any atom is 0.428 e. The molecule has 0 aliphatic rings. The van der Waals surface area contributed by atoms with Gasteiger partial charge in [0.05, 0.1) is 0 Å². The molecule has 0 unspecified atom stereocenters. The van der Waals surface area contributed by atoms with Crippen LogP contribution in [0.3, 0.4) is 0 Å². The van der Waals surface area contributed by atoms with Crippen molar-refractivity contribution in [2.45, 2.75) is 26.7 Å². The van der Waals surface area contributed by atoms with Gasteiger partial charge < -0.3 is 19.2 Å². The molecule has 0 aromatic heterocycles. The first-order valence-electron chi connectivity index (χ1n) is 6.56. The number of rotatable bonds is 7. The van der Waals surface area contributed by atoms with Gasteiger partial charge in [0.25, 0.3) is 0 Å². The number of carbonyl (C=O) groups is 1. The van der Waals surface area contributed by atoms with Crippen LogP contribution >= 0.6 is 0 Å². The van der Waals surface area contributed by atoms with E-state index in [0.29, 0.717) is 19.8 Å². The number of ether oxygens (including phenoxy) is 2. The van der Waals surface area contributed by atoms with Crippen LogP contribution in [0.15, 0.2) is 24.3 Å². The van der Waals surface area contributed by atoms with E-state index >= 15 is 0 Å². The van der Waals surface area contributed by atoms with Crippen LogP contribution < -0.4 is 5.90 Å². The molecular weight excluding hydrogens is 260 g/mol. The molecule has 1 aromatic carbocycles. The van der Waals surface area contributed by atoms with Crippen LogP contribution in [0, 0.1) is 0 Å². The monoisotopic (exact) mass is 282 g/mol. The topological polar surface area (TPSA) is 74.0 Å². The van der Waals surface area contributed by atoms with Crippen molar-refractivity contribution in [1.29, 1.82) is 0 Å². The summed E-state index contributed by atoms with van der Waals surface area (Å²) < 4.78 is 11.0. The molecule has 1 rings (SSSR count). The summed E-state index contributed by atoms with van der Waals surface area (Å²) in [5.74, 6) is 4.83. The minimum absolute atomic E-state index is 0.356. The Balaban J connectivity index is 2.69. The van der Waals surface area contributed by atoms with Crippen LogP contribution in [-0.4, -0.2) is 31.3 Å². The van der Waals surface area contributed by atoms with E-state index in [1.807, 2.05) is 38.1 Å². The molecule has 0 aliphatic carbocycles. The fourth-order valence-corrected chi connectivity index (χ4v) is 1.75. The maximum atomic E-state index is 11.2. The van der Waals surface area contributed by atoms with Crippen LogP contribution in [0.5, 0.6) is 0 Å². The molecule has 0 saturated heterocycles. The molecule has 20 heavy (non-hydrogen) atoms. The lowest BCUT2D eigenvalue weighted by Gasteiger charge is -2.18. The van der Waals surface area contributed by atoms with Gasteiger partial charge in [-0.3, -0.25) is 0 Å². The number of nitrogens with two attached hydrogens (primary N) is 1. The minimum atomic E-state index is -0.574. The van der Waals surface area contributed by atoms with Crippen LogP contribution in [0.2, 0.25) is 0 Å². The van der Waals surface area contributed by atoms with Gasteiger partial charge >= 0.3 is 6.09 Å². The van der Waals surface area contributed by atoms with Crippen molar-refractivity contribution in [2.24, 2.45) is 5.90 Å². The first-order valence-corrected chi connectivity index (χ1v) is 6.56. The quantitative estimate of drug-likeness (QED) is 0.613. The molecular formula is C14H22N2O4. The molecule has 0 atom stereocenters. The fraction of sp³-hybridized carbons (Fsp3) is 0.500. The lowest BCUT2D eigenvalue weighted by atomic mass is 10.1. The number of nitrogens with zero attached hydrogens (tertiary/aromatic N) is 1. The average molecular weight is 282 g/mol. The summed E-state index contributed by atoms with van der Waals surface area (Å²) in [5.41, 5.74) is 1.91. The molecule has 112 valence electrons. The Labute approximate surface area is 119 Å². The fourth-order valence-electron chi connectivity index (χ4n) is 1.75. The number of hydrogen-bond acceptors (Lipinski definition) is 5. The molecule has 0 heterocycles. The summed E-state index contributed by atoms with van der Waals surface area (Å²) in [6.07, 6.45) is -0.929. The summed E-state index contributed by atoms with van der Waals surface area (Å²) in [7, 11) is 1.62. The van der Waals surface area contributed by atoms with Gasteiger partial charge in [-0.05, 0) is 19.4 Å². The van der Waals surface area contributed by atoms with Crippen molar-refractivity contribution >= 4 is 6.09 Å². The van der Waals surface area contributed by atoms with Crippen molar-refractivity contribution in [1.82, 2.24) is 4.90 Å². The van der Waals surface area contributed by atoms with Crippen molar-refractivity contribution in [2.75, 3.05) is 20.3 Å². The van der Waals surface area contributed by atoms with Crippen LogP contribution in [-0.2, 0) is 20.9 Å². The van der Waals surface area contributed by atoms with Crippen LogP contribution in [0.4, 0.5) is 4.79 Å². The summed E-state index contributed by atoms with van der Waals surface area (Å²) in [5, 5.41) is 0. The zero-order valence-corrected chi connectivity index (χ0v) is 12.2. The second-order valence-corrected chi connectivity index (χ2v) is 4.22. The lowest BCUT2D eigenvalue weighted by molar-refractivity contribution is -0.140. The van der Waals surface area contributed by atoms with Gasteiger partial charge in [0.1, 0.15) is 0 Å². The Morgan fingerprint density at radius 1 is 1.20 bits per heavy atom.